The van der Waals surface area contributed by atoms with Crippen LogP contribution < -0.4 is 5.56 Å². The lowest BCUT2D eigenvalue weighted by Crippen LogP contribution is -2.23. The number of hydrogen-bond donors (Lipinski definition) is 1. The lowest BCUT2D eigenvalue weighted by atomic mass is 10.2. The van der Waals surface area contributed by atoms with Crippen molar-refractivity contribution in [2.75, 3.05) is 5.75 Å². The highest BCUT2D eigenvalue weighted by atomic mass is 32.2. The monoisotopic (exact) mass is 441 g/mol. The van der Waals surface area contributed by atoms with Crippen molar-refractivity contribution in [1.29, 1.82) is 0 Å². The molecule has 148 valence electrons. The van der Waals surface area contributed by atoms with Gasteiger partial charge in [-0.2, -0.15) is 0 Å². The van der Waals surface area contributed by atoms with Gasteiger partial charge in [0.15, 0.2) is 10.9 Å². The van der Waals surface area contributed by atoms with Crippen LogP contribution in [0.15, 0.2) is 51.6 Å². The summed E-state index contributed by atoms with van der Waals surface area (Å²) in [6, 6.07) is 5.84. The van der Waals surface area contributed by atoms with Crippen LogP contribution in [-0.4, -0.2) is 26.1 Å². The Hall–Kier alpha value is -2.42. The minimum Gasteiger partial charge on any atom is -0.362 e. The normalized spacial score (nSPS) is 11.2. The van der Waals surface area contributed by atoms with E-state index in [1.165, 1.54) is 23.1 Å². The van der Waals surface area contributed by atoms with Crippen molar-refractivity contribution in [2.45, 2.75) is 25.5 Å². The molecule has 4 rings (SSSR count). The topological polar surface area (TPSA) is 67.8 Å². The molecule has 0 saturated heterocycles. The quantitative estimate of drug-likeness (QED) is 0.183. The average molecular weight is 442 g/mol. The minimum absolute atomic E-state index is 0.0156. The van der Waals surface area contributed by atoms with Gasteiger partial charge < -0.3 is 4.98 Å². The van der Waals surface area contributed by atoms with Gasteiger partial charge in [0.1, 0.15) is 4.83 Å². The average Bonchev–Trinajstić information content (AvgIpc) is 3.42. The zero-order chi connectivity index (χ0) is 20.5. The first-order chi connectivity index (χ1) is 14.0. The van der Waals surface area contributed by atoms with Gasteiger partial charge in [-0.25, -0.2) is 4.98 Å². The van der Waals surface area contributed by atoms with Crippen LogP contribution in [0.4, 0.5) is 0 Å². The number of rotatable bonds is 7. The van der Waals surface area contributed by atoms with E-state index < -0.39 is 0 Å². The summed E-state index contributed by atoms with van der Waals surface area (Å²) >= 11 is 4.35. The van der Waals surface area contributed by atoms with Gasteiger partial charge in [-0.05, 0) is 31.4 Å². The van der Waals surface area contributed by atoms with Gasteiger partial charge >= 0.3 is 0 Å². The molecule has 0 fully saturated rings. The number of carbonyl (C=O) groups excluding carboxylic acids is 1. The summed E-state index contributed by atoms with van der Waals surface area (Å²) < 4.78 is 1.60. The van der Waals surface area contributed by atoms with Crippen LogP contribution in [0.1, 0.15) is 21.7 Å². The van der Waals surface area contributed by atoms with Crippen LogP contribution >= 0.6 is 34.4 Å². The van der Waals surface area contributed by atoms with Gasteiger partial charge in [-0.1, -0.05) is 23.9 Å². The highest BCUT2D eigenvalue weighted by molar-refractivity contribution is 7.99. The van der Waals surface area contributed by atoms with Crippen molar-refractivity contribution in [3.8, 4) is 10.4 Å². The predicted octanol–water partition coefficient (Wildman–Crippen LogP) is 5.29. The first-order valence-corrected chi connectivity index (χ1v) is 11.7. The summed E-state index contributed by atoms with van der Waals surface area (Å²) in [7, 11) is 0. The van der Waals surface area contributed by atoms with E-state index in [1.807, 2.05) is 42.8 Å². The Kier molecular flexibility index (Phi) is 5.58. The summed E-state index contributed by atoms with van der Waals surface area (Å²) in [5, 5.41) is 5.15. The third kappa shape index (κ3) is 3.75. The number of allylic oxidation sites excluding steroid dienone is 1. The highest BCUT2D eigenvalue weighted by Gasteiger charge is 2.19. The van der Waals surface area contributed by atoms with Crippen molar-refractivity contribution in [3.63, 3.8) is 0 Å². The van der Waals surface area contributed by atoms with E-state index in [1.54, 1.807) is 22.0 Å². The van der Waals surface area contributed by atoms with E-state index in [4.69, 9.17) is 4.98 Å². The largest absolute Gasteiger partial charge is 0.362 e. The minimum atomic E-state index is -0.0943. The number of thioether (sulfide) groups is 1. The van der Waals surface area contributed by atoms with Crippen molar-refractivity contribution in [2.24, 2.45) is 0 Å². The Bertz CT molecular complexity index is 1260. The molecule has 0 spiro atoms. The third-order valence-electron chi connectivity index (χ3n) is 4.54. The number of ketones is 1. The van der Waals surface area contributed by atoms with Crippen LogP contribution in [0.2, 0.25) is 0 Å². The first-order valence-electron chi connectivity index (χ1n) is 8.98. The van der Waals surface area contributed by atoms with Crippen molar-refractivity contribution < 1.29 is 4.79 Å². The first kappa shape index (κ1) is 19.9. The van der Waals surface area contributed by atoms with Crippen molar-refractivity contribution in [3.05, 3.63) is 68.9 Å². The molecule has 0 unspecified atom stereocenters. The maximum atomic E-state index is 13.3. The van der Waals surface area contributed by atoms with E-state index in [2.05, 4.69) is 11.6 Å². The molecule has 0 atom stereocenters. The Morgan fingerprint density at radius 2 is 2.21 bits per heavy atom. The number of H-pyrrole nitrogens is 1. The molecule has 29 heavy (non-hydrogen) atoms. The second-order valence-electron chi connectivity index (χ2n) is 6.61. The SMILES string of the molecule is C=CCn1c(SCC(=O)c2cc(C)[nH]c2C)nc2scc(-c3cccs3)c2c1=O. The molecular formula is C21H19N3O2S3. The number of Topliss-reactive ketones (excluding diaryl/α,β-unsaturated/α-hetero) is 1. The molecule has 4 aromatic rings. The standard InChI is InChI=1S/C21H19N3O2S3/c1-4-7-24-20(26)18-15(17-6-5-8-27-17)10-28-19(18)23-21(24)29-11-16(25)14-9-12(2)22-13(14)3/h4-6,8-10,22H,1,7,11H2,2-3H3. The van der Waals surface area contributed by atoms with E-state index >= 15 is 0 Å². The number of thiophene rings is 2. The van der Waals surface area contributed by atoms with Crippen LogP contribution in [0, 0.1) is 13.8 Å². The molecule has 0 saturated carbocycles. The van der Waals surface area contributed by atoms with Crippen molar-refractivity contribution >= 4 is 50.4 Å². The highest BCUT2D eigenvalue weighted by Crippen LogP contribution is 2.34. The number of hydrogen-bond acceptors (Lipinski definition) is 6. The fraction of sp³-hybridized carbons (Fsp3) is 0.190. The second kappa shape index (κ2) is 8.14. The molecule has 0 radical (unpaired) electrons. The van der Waals surface area contributed by atoms with E-state index in [0.717, 1.165) is 21.8 Å². The van der Waals surface area contributed by atoms with Gasteiger partial charge in [0, 0.05) is 39.3 Å². The zero-order valence-electron chi connectivity index (χ0n) is 16.0. The number of aryl methyl sites for hydroxylation is 2. The Labute approximate surface area is 180 Å². The number of nitrogens with zero attached hydrogens (tertiary/aromatic N) is 2. The Balaban J connectivity index is 1.71. The number of nitrogens with one attached hydrogen (secondary N) is 1. The molecular weight excluding hydrogens is 422 g/mol. The lowest BCUT2D eigenvalue weighted by Gasteiger charge is -2.10. The molecule has 0 aliphatic rings. The van der Waals surface area contributed by atoms with E-state index in [9.17, 15) is 9.59 Å². The molecule has 0 aliphatic heterocycles. The maximum Gasteiger partial charge on any atom is 0.263 e. The van der Waals surface area contributed by atoms with E-state index in [-0.39, 0.29) is 17.1 Å². The van der Waals surface area contributed by atoms with Gasteiger partial charge in [-0.15, -0.1) is 29.3 Å². The number of fused-ring (bicyclic) bond motifs is 1. The second-order valence-corrected chi connectivity index (χ2v) is 9.36. The maximum absolute atomic E-state index is 13.3. The van der Waals surface area contributed by atoms with Crippen LogP contribution in [0.5, 0.6) is 0 Å². The van der Waals surface area contributed by atoms with E-state index in [0.29, 0.717) is 27.5 Å². The molecule has 0 aliphatic carbocycles. The fourth-order valence-corrected chi connectivity index (χ4v) is 5.94. The van der Waals surface area contributed by atoms with Gasteiger partial charge in [0.25, 0.3) is 5.56 Å². The van der Waals surface area contributed by atoms with Crippen LogP contribution in [0.3, 0.4) is 0 Å². The fourth-order valence-electron chi connectivity index (χ4n) is 3.24. The summed E-state index contributed by atoms with van der Waals surface area (Å²) in [6.45, 7) is 7.94. The van der Waals surface area contributed by atoms with Crippen molar-refractivity contribution in [1.82, 2.24) is 14.5 Å². The van der Waals surface area contributed by atoms with Crippen LogP contribution in [0.25, 0.3) is 20.7 Å². The molecule has 0 amide bonds. The summed E-state index contributed by atoms with van der Waals surface area (Å²) in [4.78, 5) is 35.6. The van der Waals surface area contributed by atoms with Crippen LogP contribution in [-0.2, 0) is 6.54 Å². The molecule has 0 bridgehead atoms. The number of aromatic nitrogens is 3. The molecule has 1 N–H and O–H groups in total. The Morgan fingerprint density at radius 1 is 1.38 bits per heavy atom. The number of aromatic amines is 1. The van der Waals surface area contributed by atoms with Gasteiger partial charge in [0.2, 0.25) is 0 Å². The summed E-state index contributed by atoms with van der Waals surface area (Å²) in [5.41, 5.74) is 3.33. The number of carbonyl (C=O) groups is 1. The van der Waals surface area contributed by atoms with Gasteiger partial charge in [-0.3, -0.25) is 14.2 Å². The summed E-state index contributed by atoms with van der Waals surface area (Å²) in [6.07, 6.45) is 1.68. The lowest BCUT2D eigenvalue weighted by molar-refractivity contribution is 0.102. The molecule has 8 heteroatoms. The molecule has 5 nitrogen and oxygen atoms in total. The predicted molar refractivity (Wildman–Crippen MR) is 123 cm³/mol. The smallest absolute Gasteiger partial charge is 0.263 e. The molecule has 4 heterocycles. The summed E-state index contributed by atoms with van der Waals surface area (Å²) in [5.74, 6) is 0.234. The Morgan fingerprint density at radius 3 is 2.86 bits per heavy atom. The van der Waals surface area contributed by atoms with Gasteiger partial charge in [0.05, 0.1) is 11.1 Å². The molecule has 0 aromatic carbocycles. The molecule has 4 aromatic heterocycles. The third-order valence-corrected chi connectivity index (χ3v) is 7.29. The zero-order valence-corrected chi connectivity index (χ0v) is 18.5.